The van der Waals surface area contributed by atoms with Gasteiger partial charge in [-0.2, -0.15) is 5.10 Å². The Morgan fingerprint density at radius 2 is 1.87 bits per heavy atom. The Hall–Kier alpha value is -3.67. The largest absolute Gasteiger partial charge is 0.497 e. The summed E-state index contributed by atoms with van der Waals surface area (Å²) in [5.74, 6) is 0.853. The lowest BCUT2D eigenvalue weighted by Crippen LogP contribution is -2.22. The summed E-state index contributed by atoms with van der Waals surface area (Å²) in [6, 6.07) is 16.0. The molecule has 0 fully saturated rings. The summed E-state index contributed by atoms with van der Waals surface area (Å²) < 4.78 is 7.18. The van der Waals surface area contributed by atoms with Gasteiger partial charge in [-0.15, -0.1) is 0 Å². The fourth-order valence-electron chi connectivity index (χ4n) is 4.49. The lowest BCUT2D eigenvalue weighted by molar-refractivity contribution is 0.0964. The summed E-state index contributed by atoms with van der Waals surface area (Å²) in [4.78, 5) is 18.1. The average molecular weight is 412 g/mol. The normalized spacial score (nSPS) is 15.8. The van der Waals surface area contributed by atoms with E-state index in [1.807, 2.05) is 67.1 Å². The van der Waals surface area contributed by atoms with Crippen LogP contribution in [0.2, 0.25) is 0 Å². The second-order valence-electron chi connectivity index (χ2n) is 8.18. The summed E-state index contributed by atoms with van der Waals surface area (Å²) in [6.07, 6.45) is 1.05. The van der Waals surface area contributed by atoms with Crippen molar-refractivity contribution in [3.8, 4) is 11.4 Å². The minimum Gasteiger partial charge on any atom is -0.497 e. The minimum atomic E-state index is 0.0310. The third-order valence-electron chi connectivity index (χ3n) is 6.10. The van der Waals surface area contributed by atoms with Crippen molar-refractivity contribution in [1.82, 2.24) is 14.8 Å². The van der Waals surface area contributed by atoms with Gasteiger partial charge in [-0.25, -0.2) is 9.67 Å². The van der Waals surface area contributed by atoms with E-state index in [0.717, 1.165) is 33.8 Å². The molecular weight excluding hydrogens is 388 g/mol. The number of Topliss-reactive ketones (excluding diaryl/α,β-unsaturated/α-hetero) is 1. The maximum absolute atomic E-state index is 13.1. The number of nitrogens with two attached hydrogens (primary N) is 1. The van der Waals surface area contributed by atoms with E-state index in [2.05, 4.69) is 0 Å². The van der Waals surface area contributed by atoms with Crippen LogP contribution >= 0.6 is 0 Å². The number of fused-ring (bicyclic) bond motifs is 2. The molecule has 0 amide bonds. The molecule has 1 atom stereocenters. The van der Waals surface area contributed by atoms with E-state index < -0.39 is 0 Å². The molecule has 2 heterocycles. The third kappa shape index (κ3) is 3.15. The number of hydrogen-bond donors (Lipinski definition) is 1. The maximum Gasteiger partial charge on any atom is 0.167 e. The van der Waals surface area contributed by atoms with Crippen LogP contribution in [0.4, 0.5) is 5.69 Å². The number of nitrogens with zero attached hydrogens (tertiary/aromatic N) is 3. The standard InChI is InChI=1S/C25H24N4O2/c1-14-7-9-18(10-8-14)29-25-22(15(2)28-29)24(26)23-20(27-25)12-17(13-21(23)30)16-5-4-6-19(11-16)31-3/h4-11,17H,12-13H2,1-3H3,(H2,26,27). The number of aromatic nitrogens is 3. The quantitative estimate of drug-likeness (QED) is 0.534. The van der Waals surface area contributed by atoms with Crippen LogP contribution in [0, 0.1) is 13.8 Å². The summed E-state index contributed by atoms with van der Waals surface area (Å²) >= 11 is 0. The van der Waals surface area contributed by atoms with E-state index >= 15 is 0 Å². The molecule has 2 aromatic heterocycles. The van der Waals surface area contributed by atoms with Crippen molar-refractivity contribution in [2.24, 2.45) is 0 Å². The van der Waals surface area contributed by atoms with Crippen LogP contribution in [0.25, 0.3) is 16.7 Å². The zero-order valence-electron chi connectivity index (χ0n) is 17.8. The predicted octanol–water partition coefficient (Wildman–Crippen LogP) is 4.54. The lowest BCUT2D eigenvalue weighted by Gasteiger charge is -2.25. The smallest absolute Gasteiger partial charge is 0.167 e. The summed E-state index contributed by atoms with van der Waals surface area (Å²) in [7, 11) is 1.65. The molecule has 0 saturated heterocycles. The van der Waals surface area contributed by atoms with Gasteiger partial charge >= 0.3 is 0 Å². The van der Waals surface area contributed by atoms with Gasteiger partial charge in [0.05, 0.1) is 40.8 Å². The van der Waals surface area contributed by atoms with Crippen LogP contribution in [0.1, 0.15) is 45.2 Å². The Bertz CT molecular complexity index is 1320. The van der Waals surface area contributed by atoms with Crippen LogP contribution < -0.4 is 10.5 Å². The van der Waals surface area contributed by atoms with E-state index in [1.54, 1.807) is 7.11 Å². The van der Waals surface area contributed by atoms with Gasteiger partial charge in [0.2, 0.25) is 0 Å². The molecule has 0 aliphatic heterocycles. The van der Waals surface area contributed by atoms with Gasteiger partial charge in [-0.3, -0.25) is 4.79 Å². The van der Waals surface area contributed by atoms with Gasteiger partial charge in [0.15, 0.2) is 11.4 Å². The molecule has 0 spiro atoms. The molecule has 1 unspecified atom stereocenters. The number of ether oxygens (including phenoxy) is 1. The lowest BCUT2D eigenvalue weighted by atomic mass is 9.80. The van der Waals surface area contributed by atoms with Gasteiger partial charge in [0.25, 0.3) is 0 Å². The number of pyridine rings is 1. The van der Waals surface area contributed by atoms with Crippen molar-refractivity contribution < 1.29 is 9.53 Å². The summed E-state index contributed by atoms with van der Waals surface area (Å²) in [5.41, 5.74) is 13.0. The predicted molar refractivity (Wildman–Crippen MR) is 121 cm³/mol. The molecule has 4 aromatic rings. The first kappa shape index (κ1) is 19.3. The molecule has 2 aromatic carbocycles. The van der Waals surface area contributed by atoms with E-state index in [-0.39, 0.29) is 11.7 Å². The SMILES string of the molecule is COc1cccc(C2CC(=O)c3c(nc4c(c(C)nn4-c4ccc(C)cc4)c3N)C2)c1. The highest BCUT2D eigenvalue weighted by atomic mass is 16.5. The Morgan fingerprint density at radius 3 is 2.61 bits per heavy atom. The maximum atomic E-state index is 13.1. The number of rotatable bonds is 3. The number of hydrogen-bond acceptors (Lipinski definition) is 5. The number of ketones is 1. The van der Waals surface area contributed by atoms with Crippen molar-refractivity contribution >= 4 is 22.5 Å². The number of carbonyl (C=O) groups is 1. The fourth-order valence-corrected chi connectivity index (χ4v) is 4.49. The molecule has 1 aliphatic carbocycles. The van der Waals surface area contributed by atoms with Crippen molar-refractivity contribution in [3.63, 3.8) is 0 Å². The van der Waals surface area contributed by atoms with Crippen LogP contribution in [-0.2, 0) is 6.42 Å². The molecule has 0 radical (unpaired) electrons. The first-order chi connectivity index (χ1) is 15.0. The Balaban J connectivity index is 1.65. The highest BCUT2D eigenvalue weighted by Crippen LogP contribution is 2.39. The third-order valence-corrected chi connectivity index (χ3v) is 6.10. The number of methoxy groups -OCH3 is 1. The molecular formula is C25H24N4O2. The van der Waals surface area contributed by atoms with Gasteiger partial charge in [0.1, 0.15) is 5.75 Å². The Labute approximate surface area is 180 Å². The average Bonchev–Trinajstić information content (AvgIpc) is 3.10. The molecule has 6 heteroatoms. The van der Waals surface area contributed by atoms with Crippen LogP contribution in [0.3, 0.4) is 0 Å². The van der Waals surface area contributed by atoms with Gasteiger partial charge in [-0.05, 0) is 56.0 Å². The summed E-state index contributed by atoms with van der Waals surface area (Å²) in [6.45, 7) is 3.96. The first-order valence-corrected chi connectivity index (χ1v) is 10.4. The molecule has 156 valence electrons. The highest BCUT2D eigenvalue weighted by molar-refractivity contribution is 6.09. The number of aryl methyl sites for hydroxylation is 2. The molecule has 5 rings (SSSR count). The van der Waals surface area contributed by atoms with Crippen LogP contribution in [-0.4, -0.2) is 27.7 Å². The Morgan fingerprint density at radius 1 is 1.10 bits per heavy atom. The second-order valence-corrected chi connectivity index (χ2v) is 8.18. The number of carbonyl (C=O) groups excluding carboxylic acids is 1. The van der Waals surface area contributed by atoms with Gasteiger partial charge < -0.3 is 10.5 Å². The molecule has 1 aliphatic rings. The Kier molecular flexibility index (Phi) is 4.50. The zero-order valence-corrected chi connectivity index (χ0v) is 17.8. The van der Waals surface area contributed by atoms with Gasteiger partial charge in [0, 0.05) is 6.42 Å². The number of benzene rings is 2. The molecule has 31 heavy (non-hydrogen) atoms. The minimum absolute atomic E-state index is 0.0310. The fraction of sp³-hybridized carbons (Fsp3) is 0.240. The van der Waals surface area contributed by atoms with E-state index in [1.165, 1.54) is 5.56 Å². The van der Waals surface area contributed by atoms with Crippen molar-refractivity contribution in [1.29, 1.82) is 0 Å². The number of anilines is 1. The van der Waals surface area contributed by atoms with E-state index in [9.17, 15) is 4.79 Å². The van der Waals surface area contributed by atoms with Gasteiger partial charge in [-0.1, -0.05) is 29.8 Å². The summed E-state index contributed by atoms with van der Waals surface area (Å²) in [5, 5.41) is 5.45. The van der Waals surface area contributed by atoms with Crippen molar-refractivity contribution in [3.05, 3.63) is 76.6 Å². The first-order valence-electron chi connectivity index (χ1n) is 10.4. The van der Waals surface area contributed by atoms with Crippen molar-refractivity contribution in [2.45, 2.75) is 32.6 Å². The monoisotopic (exact) mass is 412 g/mol. The highest BCUT2D eigenvalue weighted by Gasteiger charge is 2.32. The van der Waals surface area contributed by atoms with Crippen molar-refractivity contribution in [2.75, 3.05) is 12.8 Å². The molecule has 2 N–H and O–H groups in total. The number of nitrogen functional groups attached to an aromatic ring is 1. The van der Waals surface area contributed by atoms with Crippen LogP contribution in [0.5, 0.6) is 5.75 Å². The van der Waals surface area contributed by atoms with E-state index in [4.69, 9.17) is 20.6 Å². The second kappa shape index (κ2) is 7.23. The topological polar surface area (TPSA) is 83.0 Å². The van der Waals surface area contributed by atoms with E-state index in [0.29, 0.717) is 29.7 Å². The molecule has 0 saturated carbocycles. The van der Waals surface area contributed by atoms with Crippen LogP contribution in [0.15, 0.2) is 48.5 Å². The zero-order chi connectivity index (χ0) is 21.7. The molecule has 6 nitrogen and oxygen atoms in total. The molecule has 0 bridgehead atoms.